The van der Waals surface area contributed by atoms with Crippen molar-refractivity contribution in [1.29, 1.82) is 0 Å². The van der Waals surface area contributed by atoms with Crippen molar-refractivity contribution < 1.29 is 5.11 Å². The number of likely N-dealkylation sites (tertiary alicyclic amines) is 1. The second-order valence-corrected chi connectivity index (χ2v) is 8.14. The van der Waals surface area contributed by atoms with Crippen molar-refractivity contribution in [3.05, 3.63) is 78.0 Å². The molecule has 1 fully saturated rings. The van der Waals surface area contributed by atoms with Crippen molar-refractivity contribution in [2.24, 2.45) is 5.92 Å². The minimum atomic E-state index is -0.106. The molecule has 0 aliphatic carbocycles. The molecule has 0 saturated carbocycles. The van der Waals surface area contributed by atoms with Gasteiger partial charge in [0.05, 0.1) is 0 Å². The molecule has 0 spiro atoms. The fourth-order valence-electron chi connectivity index (χ4n) is 4.60. The van der Waals surface area contributed by atoms with Crippen LogP contribution in [-0.4, -0.2) is 42.8 Å². The molecule has 2 aromatic heterocycles. The van der Waals surface area contributed by atoms with Crippen LogP contribution in [0.5, 0.6) is 0 Å². The molecular formula is C24H27N5O. The van der Waals surface area contributed by atoms with E-state index in [9.17, 15) is 5.11 Å². The molecule has 1 saturated heterocycles. The summed E-state index contributed by atoms with van der Waals surface area (Å²) in [4.78, 5) is 5.86. The van der Waals surface area contributed by atoms with Gasteiger partial charge in [-0.25, -0.2) is 0 Å². The summed E-state index contributed by atoms with van der Waals surface area (Å²) in [6, 6.07) is 18.8. The van der Waals surface area contributed by atoms with Gasteiger partial charge in [0.2, 0.25) is 0 Å². The van der Waals surface area contributed by atoms with Gasteiger partial charge in [-0.2, -0.15) is 0 Å². The zero-order valence-corrected chi connectivity index (χ0v) is 17.0. The molecule has 0 amide bonds. The number of benzene rings is 2. The lowest BCUT2D eigenvalue weighted by Gasteiger charge is -2.32. The third-order valence-electron chi connectivity index (χ3n) is 6.21. The normalized spacial score (nSPS) is 15.8. The Morgan fingerprint density at radius 3 is 2.53 bits per heavy atom. The molecule has 2 N–H and O–H groups in total. The lowest BCUT2D eigenvalue weighted by Crippen LogP contribution is -2.34. The van der Waals surface area contributed by atoms with Crippen LogP contribution in [-0.2, 0) is 19.6 Å². The number of piperidine rings is 1. The summed E-state index contributed by atoms with van der Waals surface area (Å²) in [6.07, 6.45) is 5.21. The smallest absolute Gasteiger partial charge is 0.163 e. The number of nitrogens with one attached hydrogen (secondary N) is 1. The van der Waals surface area contributed by atoms with Gasteiger partial charge in [-0.3, -0.25) is 9.47 Å². The molecule has 0 radical (unpaired) electrons. The van der Waals surface area contributed by atoms with E-state index in [-0.39, 0.29) is 6.61 Å². The Balaban J connectivity index is 1.25. The zero-order chi connectivity index (χ0) is 20.3. The molecule has 1 aliphatic heterocycles. The summed E-state index contributed by atoms with van der Waals surface area (Å²) in [7, 11) is 0. The first-order valence-electron chi connectivity index (χ1n) is 10.7. The van der Waals surface area contributed by atoms with Crippen molar-refractivity contribution in [2.45, 2.75) is 32.4 Å². The van der Waals surface area contributed by atoms with Crippen LogP contribution in [0.15, 0.2) is 60.8 Å². The average molecular weight is 402 g/mol. The molecule has 0 bridgehead atoms. The molecule has 3 heterocycles. The summed E-state index contributed by atoms with van der Waals surface area (Å²) < 4.78 is 2.01. The van der Waals surface area contributed by atoms with Gasteiger partial charge in [-0.15, -0.1) is 10.2 Å². The van der Waals surface area contributed by atoms with E-state index in [1.165, 1.54) is 16.5 Å². The minimum absolute atomic E-state index is 0.106. The maximum Gasteiger partial charge on any atom is 0.163 e. The Bertz CT molecular complexity index is 1110. The molecule has 0 atom stereocenters. The second kappa shape index (κ2) is 8.42. The van der Waals surface area contributed by atoms with E-state index in [1.54, 1.807) is 0 Å². The van der Waals surface area contributed by atoms with Gasteiger partial charge in [0.15, 0.2) is 5.82 Å². The number of aliphatic hydroxyl groups is 1. The number of para-hydroxylation sites is 1. The van der Waals surface area contributed by atoms with E-state index in [1.807, 2.05) is 41.1 Å². The monoisotopic (exact) mass is 401 g/mol. The van der Waals surface area contributed by atoms with Gasteiger partial charge in [-0.05, 0) is 61.7 Å². The Morgan fingerprint density at radius 2 is 1.73 bits per heavy atom. The highest BCUT2D eigenvalue weighted by Gasteiger charge is 2.23. The van der Waals surface area contributed by atoms with E-state index in [2.05, 4.69) is 44.3 Å². The number of nitrogens with zero attached hydrogens (tertiary/aromatic N) is 4. The Kier molecular flexibility index (Phi) is 5.34. The van der Waals surface area contributed by atoms with Crippen LogP contribution in [0.25, 0.3) is 16.6 Å². The van der Waals surface area contributed by atoms with Crippen LogP contribution in [0.4, 0.5) is 0 Å². The highest BCUT2D eigenvalue weighted by molar-refractivity contribution is 5.82. The van der Waals surface area contributed by atoms with Crippen molar-refractivity contribution in [3.8, 4) is 5.69 Å². The quantitative estimate of drug-likeness (QED) is 0.517. The first kappa shape index (κ1) is 19.0. The van der Waals surface area contributed by atoms with Crippen molar-refractivity contribution in [2.75, 3.05) is 13.1 Å². The predicted molar refractivity (Wildman–Crippen MR) is 117 cm³/mol. The molecule has 2 aromatic carbocycles. The largest absolute Gasteiger partial charge is 0.388 e. The number of rotatable bonds is 6. The SMILES string of the molecule is OCc1nnc(CC2CCN(Cc3cccc4[nH]ccc34)CC2)n1-c1ccccc1. The molecule has 6 heteroatoms. The highest BCUT2D eigenvalue weighted by atomic mass is 16.3. The van der Waals surface area contributed by atoms with Crippen LogP contribution in [0.3, 0.4) is 0 Å². The van der Waals surface area contributed by atoms with Crippen LogP contribution >= 0.6 is 0 Å². The summed E-state index contributed by atoms with van der Waals surface area (Å²) >= 11 is 0. The number of hydrogen-bond donors (Lipinski definition) is 2. The third-order valence-corrected chi connectivity index (χ3v) is 6.21. The third kappa shape index (κ3) is 3.76. The Morgan fingerprint density at radius 1 is 0.933 bits per heavy atom. The second-order valence-electron chi connectivity index (χ2n) is 8.14. The van der Waals surface area contributed by atoms with Crippen LogP contribution in [0.1, 0.15) is 30.1 Å². The number of aromatic nitrogens is 4. The first-order chi connectivity index (χ1) is 14.8. The fraction of sp³-hybridized carbons (Fsp3) is 0.333. The number of fused-ring (bicyclic) bond motifs is 1. The van der Waals surface area contributed by atoms with Crippen LogP contribution in [0, 0.1) is 5.92 Å². The fourth-order valence-corrected chi connectivity index (χ4v) is 4.60. The zero-order valence-electron chi connectivity index (χ0n) is 17.0. The highest BCUT2D eigenvalue weighted by Crippen LogP contribution is 2.26. The maximum absolute atomic E-state index is 9.70. The van der Waals surface area contributed by atoms with Gasteiger partial charge in [0.25, 0.3) is 0 Å². The number of hydrogen-bond acceptors (Lipinski definition) is 4. The lowest BCUT2D eigenvalue weighted by molar-refractivity contribution is 0.176. The van der Waals surface area contributed by atoms with Gasteiger partial charge in [0.1, 0.15) is 12.4 Å². The molecule has 0 unspecified atom stereocenters. The van der Waals surface area contributed by atoms with Gasteiger partial charge in [0, 0.05) is 35.8 Å². The predicted octanol–water partition coefficient (Wildman–Crippen LogP) is 3.70. The average Bonchev–Trinajstić information content (AvgIpc) is 3.43. The van der Waals surface area contributed by atoms with E-state index in [0.29, 0.717) is 11.7 Å². The van der Waals surface area contributed by atoms with Gasteiger partial charge in [-0.1, -0.05) is 30.3 Å². The number of aliphatic hydroxyl groups excluding tert-OH is 1. The van der Waals surface area contributed by atoms with E-state index >= 15 is 0 Å². The van der Waals surface area contributed by atoms with Gasteiger partial charge < -0.3 is 10.1 Å². The van der Waals surface area contributed by atoms with Gasteiger partial charge >= 0.3 is 0 Å². The summed E-state index contributed by atoms with van der Waals surface area (Å²) in [5.74, 6) is 2.14. The molecule has 6 nitrogen and oxygen atoms in total. The first-order valence-corrected chi connectivity index (χ1v) is 10.7. The maximum atomic E-state index is 9.70. The summed E-state index contributed by atoms with van der Waals surface area (Å²) in [6.45, 7) is 3.08. The molecular weight excluding hydrogens is 374 g/mol. The molecule has 30 heavy (non-hydrogen) atoms. The number of H-pyrrole nitrogens is 1. The van der Waals surface area contributed by atoms with Crippen LogP contribution in [0.2, 0.25) is 0 Å². The lowest BCUT2D eigenvalue weighted by atomic mass is 9.92. The van der Waals surface area contributed by atoms with Crippen molar-refractivity contribution >= 4 is 10.9 Å². The van der Waals surface area contributed by atoms with Crippen LogP contribution < -0.4 is 0 Å². The van der Waals surface area contributed by atoms with E-state index < -0.39 is 0 Å². The molecule has 154 valence electrons. The Labute approximate surface area is 176 Å². The topological polar surface area (TPSA) is 70.0 Å². The van der Waals surface area contributed by atoms with Crippen molar-refractivity contribution in [3.63, 3.8) is 0 Å². The minimum Gasteiger partial charge on any atom is -0.388 e. The molecule has 1 aliphatic rings. The molecule has 5 rings (SSSR count). The standard InChI is InChI=1S/C24H27N5O/c30-17-24-27-26-23(29(24)20-6-2-1-3-7-20)15-18-10-13-28(14-11-18)16-19-5-4-8-22-21(19)9-12-25-22/h1-9,12,18,25,30H,10-11,13-17H2. The summed E-state index contributed by atoms with van der Waals surface area (Å²) in [5.41, 5.74) is 3.62. The Hall–Kier alpha value is -2.96. The van der Waals surface area contributed by atoms with E-state index in [0.717, 1.165) is 50.4 Å². The summed E-state index contributed by atoms with van der Waals surface area (Å²) in [5, 5.41) is 19.7. The van der Waals surface area contributed by atoms with Crippen molar-refractivity contribution in [1.82, 2.24) is 24.6 Å². The molecule has 4 aromatic rings. The van der Waals surface area contributed by atoms with E-state index in [4.69, 9.17) is 0 Å². The number of aromatic amines is 1.